The van der Waals surface area contributed by atoms with Gasteiger partial charge >= 0.3 is 6.36 Å². The summed E-state index contributed by atoms with van der Waals surface area (Å²) in [5.74, 6) is -0.0701. The zero-order valence-corrected chi connectivity index (χ0v) is 17.6. The van der Waals surface area contributed by atoms with E-state index in [0.717, 1.165) is 28.8 Å². The third-order valence-corrected chi connectivity index (χ3v) is 5.23. The fourth-order valence-electron chi connectivity index (χ4n) is 3.69. The summed E-state index contributed by atoms with van der Waals surface area (Å²) in [6.07, 6.45) is -0.0740. The number of anilines is 2. The lowest BCUT2D eigenvalue weighted by atomic mass is 10.2. The van der Waals surface area contributed by atoms with Gasteiger partial charge in [-0.25, -0.2) is 4.98 Å². The van der Waals surface area contributed by atoms with Crippen molar-refractivity contribution in [3.63, 3.8) is 0 Å². The smallest absolute Gasteiger partial charge is 0.406 e. The number of alkyl halides is 3. The third kappa shape index (κ3) is 4.90. The van der Waals surface area contributed by atoms with Gasteiger partial charge in [0.2, 0.25) is 0 Å². The summed E-state index contributed by atoms with van der Waals surface area (Å²) in [5, 5.41) is 10.4. The van der Waals surface area contributed by atoms with Gasteiger partial charge in [-0.2, -0.15) is 4.68 Å². The monoisotopic (exact) mass is 462 g/mol. The molecule has 0 amide bonds. The van der Waals surface area contributed by atoms with Crippen molar-refractivity contribution in [3.05, 3.63) is 68.6 Å². The maximum absolute atomic E-state index is 13.0. The SMILES string of the molecule is CNCCn1cncc(Nc2nn(-c3ccc(OC(F)(F)F)cc3)c(=O)c3c2CCC3)c1=O. The van der Waals surface area contributed by atoms with Crippen LogP contribution in [0.5, 0.6) is 5.75 Å². The molecule has 2 N–H and O–H groups in total. The van der Waals surface area contributed by atoms with E-state index in [2.05, 4.69) is 25.5 Å². The van der Waals surface area contributed by atoms with Crippen molar-refractivity contribution in [1.82, 2.24) is 24.6 Å². The molecule has 1 aliphatic carbocycles. The van der Waals surface area contributed by atoms with E-state index in [-0.39, 0.29) is 22.5 Å². The first-order valence-electron chi connectivity index (χ1n) is 10.2. The highest BCUT2D eigenvalue weighted by Gasteiger charge is 2.31. The molecule has 0 spiro atoms. The van der Waals surface area contributed by atoms with E-state index in [1.165, 1.54) is 29.2 Å². The largest absolute Gasteiger partial charge is 0.573 e. The van der Waals surface area contributed by atoms with Crippen molar-refractivity contribution in [2.45, 2.75) is 32.2 Å². The highest BCUT2D eigenvalue weighted by Crippen LogP contribution is 2.28. The van der Waals surface area contributed by atoms with E-state index >= 15 is 0 Å². The van der Waals surface area contributed by atoms with Crippen molar-refractivity contribution < 1.29 is 17.9 Å². The Hall–Kier alpha value is -3.67. The van der Waals surface area contributed by atoms with Gasteiger partial charge in [-0.1, -0.05) is 0 Å². The van der Waals surface area contributed by atoms with Crippen molar-refractivity contribution in [2.75, 3.05) is 18.9 Å². The molecule has 0 unspecified atom stereocenters. The van der Waals surface area contributed by atoms with Crippen molar-refractivity contribution in [2.24, 2.45) is 0 Å². The van der Waals surface area contributed by atoms with Gasteiger partial charge in [-0.15, -0.1) is 18.3 Å². The summed E-state index contributed by atoms with van der Waals surface area (Å²) in [6.45, 7) is 1.01. The Labute approximate surface area is 185 Å². The topological polar surface area (TPSA) is 103 Å². The fourth-order valence-corrected chi connectivity index (χ4v) is 3.69. The van der Waals surface area contributed by atoms with Crippen LogP contribution >= 0.6 is 0 Å². The van der Waals surface area contributed by atoms with Gasteiger partial charge in [-0.05, 0) is 50.6 Å². The molecule has 2 heterocycles. The minimum Gasteiger partial charge on any atom is -0.406 e. The molecule has 0 bridgehead atoms. The Bertz CT molecular complexity index is 1270. The number of aromatic nitrogens is 4. The Balaban J connectivity index is 1.72. The molecule has 0 saturated heterocycles. The molecule has 9 nitrogen and oxygen atoms in total. The van der Waals surface area contributed by atoms with Crippen molar-refractivity contribution in [3.8, 4) is 11.4 Å². The maximum atomic E-state index is 13.0. The summed E-state index contributed by atoms with van der Waals surface area (Å²) >= 11 is 0. The number of fused-ring (bicyclic) bond motifs is 1. The second kappa shape index (κ2) is 9.06. The molecule has 0 saturated carbocycles. The number of hydrogen-bond donors (Lipinski definition) is 2. The Morgan fingerprint density at radius 3 is 2.52 bits per heavy atom. The summed E-state index contributed by atoms with van der Waals surface area (Å²) < 4.78 is 43.8. The lowest BCUT2D eigenvalue weighted by Gasteiger charge is -2.15. The highest BCUT2D eigenvalue weighted by atomic mass is 19.4. The Kier molecular flexibility index (Phi) is 6.18. The molecule has 1 aromatic carbocycles. The van der Waals surface area contributed by atoms with Crippen LogP contribution in [0.2, 0.25) is 0 Å². The van der Waals surface area contributed by atoms with Crippen LogP contribution in [0.4, 0.5) is 24.7 Å². The number of ether oxygens (including phenoxy) is 1. The molecule has 2 aromatic heterocycles. The lowest BCUT2D eigenvalue weighted by molar-refractivity contribution is -0.274. The van der Waals surface area contributed by atoms with Crippen LogP contribution in [0.25, 0.3) is 5.69 Å². The van der Waals surface area contributed by atoms with Crippen LogP contribution in [-0.4, -0.2) is 39.3 Å². The minimum atomic E-state index is -4.81. The highest BCUT2D eigenvalue weighted by molar-refractivity contribution is 5.60. The van der Waals surface area contributed by atoms with E-state index in [1.807, 2.05) is 0 Å². The second-order valence-corrected chi connectivity index (χ2v) is 7.45. The van der Waals surface area contributed by atoms with Gasteiger partial charge in [0.15, 0.2) is 5.82 Å². The first kappa shape index (κ1) is 22.5. The van der Waals surface area contributed by atoms with Gasteiger partial charge in [0, 0.05) is 24.2 Å². The molecule has 0 fully saturated rings. The zero-order valence-electron chi connectivity index (χ0n) is 17.6. The summed E-state index contributed by atoms with van der Waals surface area (Å²) in [4.78, 5) is 29.9. The molecule has 0 radical (unpaired) electrons. The lowest BCUT2D eigenvalue weighted by Crippen LogP contribution is -2.29. The van der Waals surface area contributed by atoms with Crippen LogP contribution in [-0.2, 0) is 19.4 Å². The molecule has 0 aliphatic heterocycles. The van der Waals surface area contributed by atoms with Crippen LogP contribution < -0.4 is 26.5 Å². The first-order valence-corrected chi connectivity index (χ1v) is 10.2. The Morgan fingerprint density at radius 2 is 1.82 bits per heavy atom. The number of likely N-dealkylation sites (N-methyl/N-ethyl adjacent to an activating group) is 1. The third-order valence-electron chi connectivity index (χ3n) is 5.23. The molecule has 0 atom stereocenters. The number of rotatable bonds is 7. The quantitative estimate of drug-likeness (QED) is 0.555. The van der Waals surface area contributed by atoms with Crippen LogP contribution in [0, 0.1) is 0 Å². The van der Waals surface area contributed by atoms with Crippen molar-refractivity contribution >= 4 is 11.5 Å². The molecule has 3 aromatic rings. The van der Waals surface area contributed by atoms with Gasteiger partial charge in [-0.3, -0.25) is 14.2 Å². The number of benzene rings is 1. The zero-order chi connectivity index (χ0) is 23.6. The minimum absolute atomic E-state index is 0.203. The predicted molar refractivity (Wildman–Crippen MR) is 114 cm³/mol. The molecule has 33 heavy (non-hydrogen) atoms. The number of hydrogen-bond acceptors (Lipinski definition) is 7. The number of nitrogens with one attached hydrogen (secondary N) is 2. The maximum Gasteiger partial charge on any atom is 0.573 e. The number of halogens is 3. The fraction of sp³-hybridized carbons (Fsp3) is 0.333. The van der Waals surface area contributed by atoms with E-state index < -0.39 is 12.1 Å². The normalized spacial score (nSPS) is 13.1. The molecule has 4 rings (SSSR count). The predicted octanol–water partition coefficient (Wildman–Crippen LogP) is 2.14. The van der Waals surface area contributed by atoms with Gasteiger partial charge in [0.1, 0.15) is 11.4 Å². The summed E-state index contributed by atoms with van der Waals surface area (Å²) in [5.41, 5.74) is 1.11. The van der Waals surface area contributed by atoms with E-state index in [1.54, 1.807) is 7.05 Å². The Morgan fingerprint density at radius 1 is 1.09 bits per heavy atom. The van der Waals surface area contributed by atoms with Crippen LogP contribution in [0.1, 0.15) is 17.5 Å². The van der Waals surface area contributed by atoms with Gasteiger partial charge < -0.3 is 15.4 Å². The summed E-state index contributed by atoms with van der Waals surface area (Å²) in [7, 11) is 1.78. The van der Waals surface area contributed by atoms with E-state index in [4.69, 9.17) is 0 Å². The average molecular weight is 462 g/mol. The number of nitrogens with zero attached hydrogens (tertiary/aromatic N) is 4. The molecular weight excluding hydrogens is 441 g/mol. The first-order chi connectivity index (χ1) is 15.8. The van der Waals surface area contributed by atoms with Gasteiger partial charge in [0.25, 0.3) is 11.1 Å². The average Bonchev–Trinajstić information content (AvgIpc) is 3.26. The molecular formula is C21H21F3N6O3. The summed E-state index contributed by atoms with van der Waals surface area (Å²) in [6, 6.07) is 4.85. The standard InChI is InChI=1S/C21H21F3N6O3/c1-25-9-10-29-12-26-11-17(20(29)32)27-18-15-3-2-4-16(15)19(31)30(28-18)13-5-7-14(8-6-13)33-21(22,23)24/h5-8,11-12,25H,2-4,9-10H2,1H3,(H,27,28). The molecule has 1 aliphatic rings. The molecule has 12 heteroatoms. The van der Waals surface area contributed by atoms with E-state index in [9.17, 15) is 22.8 Å². The van der Waals surface area contributed by atoms with Gasteiger partial charge in [0.05, 0.1) is 18.2 Å². The van der Waals surface area contributed by atoms with Crippen LogP contribution in [0.3, 0.4) is 0 Å². The van der Waals surface area contributed by atoms with Crippen molar-refractivity contribution in [1.29, 1.82) is 0 Å². The molecule has 174 valence electrons. The second-order valence-electron chi connectivity index (χ2n) is 7.45. The van der Waals surface area contributed by atoms with E-state index in [0.29, 0.717) is 37.3 Å². The van der Waals surface area contributed by atoms with Crippen LogP contribution in [0.15, 0.2) is 46.4 Å².